The molecule has 3 aromatic rings. The van der Waals surface area contributed by atoms with Crippen LogP contribution in [0.15, 0.2) is 67.3 Å². The second-order valence-electron chi connectivity index (χ2n) is 15.1. The molecule has 2 heterocycles. The Kier molecular flexibility index (Phi) is 10.5. The minimum absolute atomic E-state index is 0.0242. The molecule has 2 saturated carbocycles. The highest BCUT2D eigenvalue weighted by molar-refractivity contribution is 7.54. The smallest absolute Gasteiger partial charge is 0.408 e. The third-order valence-electron chi connectivity index (χ3n) is 10.4. The van der Waals surface area contributed by atoms with E-state index >= 15 is 0 Å². The summed E-state index contributed by atoms with van der Waals surface area (Å²) in [4.78, 5) is 67.3. The predicted molar refractivity (Wildman–Crippen MR) is 194 cm³/mol. The third kappa shape index (κ3) is 7.73. The van der Waals surface area contributed by atoms with Gasteiger partial charge < -0.3 is 34.6 Å². The number of amides is 3. The van der Waals surface area contributed by atoms with E-state index in [9.17, 15) is 28.7 Å². The zero-order valence-electron chi connectivity index (χ0n) is 30.0. The van der Waals surface area contributed by atoms with Crippen LogP contribution in [-0.2, 0) is 18.9 Å². The van der Waals surface area contributed by atoms with E-state index in [-0.39, 0.29) is 30.4 Å². The highest BCUT2D eigenvalue weighted by atomic mass is 31.2. The number of ether oxygens (including phenoxy) is 3. The molecule has 14 heteroatoms. The number of hydrogen-bond donors (Lipinski definition) is 5. The molecule has 5 N–H and O–H groups in total. The Labute approximate surface area is 303 Å². The zero-order chi connectivity index (χ0) is 37.4. The minimum Gasteiger partial charge on any atom is -0.497 e. The van der Waals surface area contributed by atoms with Gasteiger partial charge in [-0.25, -0.2) is 14.6 Å². The molecule has 2 aliphatic carbocycles. The lowest BCUT2D eigenvalue weighted by molar-refractivity contribution is -0.826. The summed E-state index contributed by atoms with van der Waals surface area (Å²) in [5.41, 5.74) is 1.35. The van der Waals surface area contributed by atoms with Crippen molar-refractivity contribution in [3.63, 3.8) is 0 Å². The first-order chi connectivity index (χ1) is 24.6. The summed E-state index contributed by atoms with van der Waals surface area (Å²) in [6, 6.07) is 14.7. The van der Waals surface area contributed by atoms with Crippen molar-refractivity contribution in [2.45, 2.75) is 88.9 Å². The fourth-order valence-corrected chi connectivity index (χ4v) is 8.65. The molecule has 3 amide bonds. The Morgan fingerprint density at radius 3 is 2.40 bits per heavy atom. The molecule has 6 atom stereocenters. The zero-order valence-corrected chi connectivity index (χ0v) is 30.9. The maximum absolute atomic E-state index is 14.6. The van der Waals surface area contributed by atoms with Crippen LogP contribution in [0.4, 0.5) is 4.79 Å². The number of rotatable bonds is 11. The topological polar surface area (TPSA) is 178 Å². The van der Waals surface area contributed by atoms with E-state index < -0.39 is 60.3 Å². The number of carbonyl (C=O) groups excluding carboxylic acids is 3. The molecule has 2 aromatic carbocycles. The van der Waals surface area contributed by atoms with E-state index in [0.29, 0.717) is 28.1 Å². The summed E-state index contributed by atoms with van der Waals surface area (Å²) in [7, 11) is -3.23. The number of hydrogen-bond acceptors (Lipinski definition) is 8. The number of quaternary nitrogens is 1. The molecule has 0 radical (unpaired) electrons. The predicted octanol–water partition coefficient (Wildman–Crippen LogP) is 4.12. The molecule has 13 nitrogen and oxygen atoms in total. The molecule has 1 aromatic heterocycles. The second-order valence-corrected chi connectivity index (χ2v) is 17.0. The molecule has 0 spiro atoms. The number of benzene rings is 2. The van der Waals surface area contributed by atoms with Crippen molar-refractivity contribution in [1.29, 1.82) is 0 Å². The Balaban J connectivity index is 1.33. The fourth-order valence-electron chi connectivity index (χ4n) is 7.42. The molecule has 1 saturated heterocycles. The van der Waals surface area contributed by atoms with Gasteiger partial charge in [0.05, 0.1) is 24.7 Å². The monoisotopic (exact) mass is 735 g/mol. The van der Waals surface area contributed by atoms with Crippen molar-refractivity contribution < 1.29 is 47.8 Å². The number of pyridine rings is 1. The maximum Gasteiger partial charge on any atom is 0.408 e. The largest absolute Gasteiger partial charge is 0.497 e. The van der Waals surface area contributed by atoms with Crippen LogP contribution in [0.2, 0.25) is 0 Å². The van der Waals surface area contributed by atoms with E-state index in [1.54, 1.807) is 19.2 Å². The molecule has 3 aliphatic rings. The quantitative estimate of drug-likeness (QED) is 0.142. The van der Waals surface area contributed by atoms with Gasteiger partial charge in [-0.15, -0.1) is 6.58 Å². The van der Waals surface area contributed by atoms with Gasteiger partial charge in [0.25, 0.3) is 5.91 Å². The van der Waals surface area contributed by atoms with Crippen LogP contribution in [0.3, 0.4) is 0 Å². The van der Waals surface area contributed by atoms with E-state index in [1.807, 2.05) is 63.2 Å². The Morgan fingerprint density at radius 1 is 1.08 bits per heavy atom. The highest BCUT2D eigenvalue weighted by Crippen LogP contribution is 2.67. The number of likely N-dealkylation sites (tertiary alicyclic amines) is 1. The van der Waals surface area contributed by atoms with Gasteiger partial charge in [0, 0.05) is 29.0 Å². The van der Waals surface area contributed by atoms with Crippen LogP contribution in [0, 0.1) is 11.3 Å². The number of nitrogens with zero attached hydrogens (tertiary/aromatic N) is 1. The van der Waals surface area contributed by atoms with Crippen LogP contribution in [0.5, 0.6) is 11.5 Å². The van der Waals surface area contributed by atoms with Gasteiger partial charge in [-0.3, -0.25) is 14.3 Å². The first kappa shape index (κ1) is 37.5. The maximum atomic E-state index is 14.6. The van der Waals surface area contributed by atoms with Crippen molar-refractivity contribution in [2.24, 2.45) is 11.3 Å². The van der Waals surface area contributed by atoms with E-state index in [0.717, 1.165) is 31.2 Å². The average molecular weight is 736 g/mol. The standard InChI is InChI=1S/C38H47N4O9P/c1-6-24-21-38(24,52(46,47)48)41-34(43)31-19-27(22-42(31)35(44)33(37(2,3)4)40-36(45)51-25-14-10-11-15-25)50-32-20-29(23-12-8-7-9-13-23)39-30-18-26(49-5)16-17-28(30)32/h6-9,12-13,16-18,20,24-25,27,31,33H,1,10-11,14-15,19,21-22H2,2-5H3,(H,40,45)(H,41,43)(H2,46,47,48)/p+1/t24?,27-,31+,33-,38?/m1/s1. The van der Waals surface area contributed by atoms with Gasteiger partial charge in [-0.05, 0) is 49.7 Å². The van der Waals surface area contributed by atoms with Crippen molar-refractivity contribution in [3.8, 4) is 22.8 Å². The summed E-state index contributed by atoms with van der Waals surface area (Å²) in [5.74, 6) is -0.694. The third-order valence-corrected chi connectivity index (χ3v) is 12.1. The van der Waals surface area contributed by atoms with E-state index in [1.165, 1.54) is 6.08 Å². The van der Waals surface area contributed by atoms with Gasteiger partial charge >= 0.3 is 19.6 Å². The highest BCUT2D eigenvalue weighted by Gasteiger charge is 2.67. The van der Waals surface area contributed by atoms with Gasteiger partial charge in [0.2, 0.25) is 0 Å². The van der Waals surface area contributed by atoms with E-state index in [4.69, 9.17) is 19.2 Å². The lowest BCUT2D eigenvalue weighted by Gasteiger charge is -2.32. The first-order valence-electron chi connectivity index (χ1n) is 17.7. The summed E-state index contributed by atoms with van der Waals surface area (Å²) in [5, 5.41) is 4.30. The van der Waals surface area contributed by atoms with Gasteiger partial charge in [-0.2, -0.15) is 0 Å². The number of carbonyl (C=O) groups is 3. The molecule has 3 unspecified atom stereocenters. The molecule has 6 rings (SSSR count). The van der Waals surface area contributed by atoms with Gasteiger partial charge in [0.1, 0.15) is 29.4 Å². The van der Waals surface area contributed by atoms with Crippen LogP contribution in [0.25, 0.3) is 22.2 Å². The average Bonchev–Trinajstić information content (AvgIpc) is 3.37. The lowest BCUT2D eigenvalue weighted by Crippen LogP contribution is -3.19. The number of nitrogens with one attached hydrogen (secondary N) is 3. The Bertz CT molecular complexity index is 1890. The number of methoxy groups -OCH3 is 1. The summed E-state index contributed by atoms with van der Waals surface area (Å²) in [6.45, 7) is 9.16. The SMILES string of the molecule is C=CC1CC1(NC(=O)[C@@H]1C[C@@H](Oc2cc(-c3ccccc3)nc3cc(OC)ccc23)C[NH+]1C(=O)[C@@H](NC(=O)OC1CCCC1)C(C)(C)C)P(=O)(O)O. The molecular formula is C38H48N4O9P+. The molecule has 1 aliphatic heterocycles. The van der Waals surface area contributed by atoms with Crippen molar-refractivity contribution in [3.05, 3.63) is 67.3 Å². The van der Waals surface area contributed by atoms with Crippen LogP contribution >= 0.6 is 7.60 Å². The number of alkyl carbamates (subject to hydrolysis) is 1. The first-order valence-corrected chi connectivity index (χ1v) is 19.3. The summed E-state index contributed by atoms with van der Waals surface area (Å²) < 4.78 is 30.4. The Morgan fingerprint density at radius 2 is 1.79 bits per heavy atom. The molecule has 0 bridgehead atoms. The van der Waals surface area contributed by atoms with Gasteiger partial charge in [0.15, 0.2) is 18.2 Å². The summed E-state index contributed by atoms with van der Waals surface area (Å²) in [6.07, 6.45) is 3.33. The van der Waals surface area contributed by atoms with Crippen LogP contribution < -0.4 is 25.0 Å². The minimum atomic E-state index is -4.81. The molecule has 52 heavy (non-hydrogen) atoms. The van der Waals surface area contributed by atoms with Crippen LogP contribution in [-0.4, -0.2) is 75.9 Å². The van der Waals surface area contributed by atoms with Crippen molar-refractivity contribution in [1.82, 2.24) is 15.6 Å². The number of aromatic nitrogens is 1. The second kappa shape index (κ2) is 14.6. The fraction of sp³-hybridized carbons (Fsp3) is 0.474. The lowest BCUT2D eigenvalue weighted by atomic mass is 9.85. The van der Waals surface area contributed by atoms with Crippen LogP contribution in [0.1, 0.15) is 59.3 Å². The van der Waals surface area contributed by atoms with E-state index in [2.05, 4.69) is 17.2 Å². The van der Waals surface area contributed by atoms with Crippen molar-refractivity contribution >= 4 is 36.4 Å². The summed E-state index contributed by atoms with van der Waals surface area (Å²) >= 11 is 0. The van der Waals surface area contributed by atoms with Crippen molar-refractivity contribution in [2.75, 3.05) is 13.7 Å². The van der Waals surface area contributed by atoms with Gasteiger partial charge in [-0.1, -0.05) is 57.2 Å². The molecular weight excluding hydrogens is 687 g/mol. The molecule has 278 valence electrons. The number of fused-ring (bicyclic) bond motifs is 1. The normalized spacial score (nSPS) is 25.3. The Hall–Kier alpha value is -4.29. The molecule has 3 fully saturated rings.